The fourth-order valence-corrected chi connectivity index (χ4v) is 8.27. The van der Waals surface area contributed by atoms with Crippen molar-refractivity contribution in [3.63, 3.8) is 0 Å². The zero-order chi connectivity index (χ0) is 36.2. The van der Waals surface area contributed by atoms with Gasteiger partial charge in [-0.2, -0.15) is 0 Å². The number of fused-ring (bicyclic) bond motifs is 1. The number of aromatic nitrogens is 2. The van der Waals surface area contributed by atoms with Crippen molar-refractivity contribution in [3.8, 4) is 0 Å². The van der Waals surface area contributed by atoms with E-state index in [1.54, 1.807) is 4.90 Å². The van der Waals surface area contributed by atoms with Gasteiger partial charge in [-0.1, -0.05) is 66.7 Å². The topological polar surface area (TPSA) is 180 Å². The van der Waals surface area contributed by atoms with Crippen LogP contribution in [0, 0.1) is 22.7 Å². The summed E-state index contributed by atoms with van der Waals surface area (Å²) >= 11 is 0. The third-order valence-corrected chi connectivity index (χ3v) is 11.3. The molecule has 2 heterocycles. The van der Waals surface area contributed by atoms with Crippen LogP contribution in [0.15, 0.2) is 18.6 Å². The molecule has 5 amide bonds. The highest BCUT2D eigenvalue weighted by Gasteiger charge is 2.59. The summed E-state index contributed by atoms with van der Waals surface area (Å²) in [6.07, 6.45) is 13.7. The fraction of sp³-hybridized carbons (Fsp3) is 0.730. The molecule has 4 aliphatic rings. The molecule has 0 spiro atoms. The van der Waals surface area contributed by atoms with Crippen LogP contribution in [0.2, 0.25) is 0 Å². The Kier molecular flexibility index (Phi) is 11.6. The van der Waals surface area contributed by atoms with Gasteiger partial charge in [-0.25, -0.2) is 4.98 Å². The van der Waals surface area contributed by atoms with Crippen molar-refractivity contribution >= 4 is 35.3 Å². The monoisotopic (exact) mass is 693 g/mol. The highest BCUT2D eigenvalue weighted by molar-refractivity contribution is 6.38. The zero-order valence-electron chi connectivity index (χ0n) is 30.3. The molecule has 13 heteroatoms. The van der Waals surface area contributed by atoms with Crippen molar-refractivity contribution in [2.24, 2.45) is 22.7 Å². The lowest BCUT2D eigenvalue weighted by Gasteiger charge is -2.39. The van der Waals surface area contributed by atoms with Crippen molar-refractivity contribution in [3.05, 3.63) is 24.3 Å². The lowest BCUT2D eigenvalue weighted by Crippen LogP contribution is -2.63. The number of hydrogen-bond donors (Lipinski definition) is 4. The van der Waals surface area contributed by atoms with Crippen LogP contribution in [0.3, 0.4) is 0 Å². The summed E-state index contributed by atoms with van der Waals surface area (Å²) in [4.78, 5) is 92.0. The van der Waals surface area contributed by atoms with E-state index in [1.165, 1.54) is 18.6 Å². The average Bonchev–Trinajstić information content (AvgIpc) is 3.75. The summed E-state index contributed by atoms with van der Waals surface area (Å²) in [5.74, 6) is -3.21. The maximum absolute atomic E-state index is 14.7. The third kappa shape index (κ3) is 8.34. The molecule has 1 aromatic heterocycles. The molecule has 1 saturated heterocycles. The van der Waals surface area contributed by atoms with Gasteiger partial charge in [0.1, 0.15) is 23.8 Å². The number of amides is 5. The molecular formula is C37H55N7O6. The van der Waals surface area contributed by atoms with Gasteiger partial charge in [0.25, 0.3) is 11.8 Å². The summed E-state index contributed by atoms with van der Waals surface area (Å²) < 4.78 is 0. The lowest BCUT2D eigenvalue weighted by molar-refractivity contribution is -0.147. The first kappa shape index (κ1) is 37.4. The Morgan fingerprint density at radius 3 is 2.28 bits per heavy atom. The Hall–Kier alpha value is -3.90. The van der Waals surface area contributed by atoms with Crippen molar-refractivity contribution in [1.82, 2.24) is 36.1 Å². The van der Waals surface area contributed by atoms with Gasteiger partial charge in [-0.15, -0.1) is 0 Å². The first-order valence-electron chi connectivity index (χ1n) is 18.6. The van der Waals surface area contributed by atoms with E-state index in [1.807, 2.05) is 34.6 Å². The van der Waals surface area contributed by atoms with Gasteiger partial charge < -0.3 is 26.2 Å². The number of rotatable bonds is 13. The fourth-order valence-electron chi connectivity index (χ4n) is 8.27. The Morgan fingerprint density at radius 1 is 0.940 bits per heavy atom. The van der Waals surface area contributed by atoms with Gasteiger partial charge in [0.15, 0.2) is 0 Å². The molecule has 0 unspecified atom stereocenters. The number of ketones is 1. The molecule has 0 radical (unpaired) electrons. The molecule has 50 heavy (non-hydrogen) atoms. The molecule has 3 aliphatic carbocycles. The lowest BCUT2D eigenvalue weighted by atomic mass is 9.76. The van der Waals surface area contributed by atoms with Crippen molar-refractivity contribution in [2.45, 2.75) is 142 Å². The standard InChI is InChI=1S/C37H55N7O6/c1-6-11-25(28(45)33(48)40-24-15-16-24)41-34(49)30-37(5)17-10-14-23(37)21-44(30)35(50)29(36(2,3)4)43-32(47)27(22-12-8-7-9-13-22)42-31(46)26-20-38-18-19-39-26/h18-20,22-25,27,29-30H,6-17,21H2,1-5H3,(H,40,48)(H,41,49)(H,42,46)(H,43,47)/t23-,25-,27-,29-,30+,37-/m0/s1. The van der Waals surface area contributed by atoms with Crippen LogP contribution >= 0.6 is 0 Å². The van der Waals surface area contributed by atoms with E-state index in [2.05, 4.69) is 31.2 Å². The summed E-state index contributed by atoms with van der Waals surface area (Å²) in [5.41, 5.74) is -1.18. The Balaban J connectivity index is 1.38. The quantitative estimate of drug-likeness (QED) is 0.228. The van der Waals surface area contributed by atoms with Crippen molar-refractivity contribution in [1.29, 1.82) is 0 Å². The molecule has 1 aromatic rings. The highest BCUT2D eigenvalue weighted by atomic mass is 16.2. The molecular weight excluding hydrogens is 638 g/mol. The minimum atomic E-state index is -1.01. The molecule has 4 fully saturated rings. The van der Waals surface area contributed by atoms with Gasteiger partial charge in [0.2, 0.25) is 23.5 Å². The summed E-state index contributed by atoms with van der Waals surface area (Å²) in [6.45, 7) is 9.87. The van der Waals surface area contributed by atoms with E-state index in [4.69, 9.17) is 0 Å². The number of likely N-dealkylation sites (tertiary alicyclic amines) is 1. The predicted octanol–water partition coefficient (Wildman–Crippen LogP) is 2.84. The minimum absolute atomic E-state index is 0.00752. The first-order valence-corrected chi connectivity index (χ1v) is 18.6. The second-order valence-corrected chi connectivity index (χ2v) is 16.2. The minimum Gasteiger partial charge on any atom is -0.347 e. The van der Waals surface area contributed by atoms with E-state index in [0.717, 1.165) is 64.2 Å². The predicted molar refractivity (Wildman–Crippen MR) is 185 cm³/mol. The Morgan fingerprint density at radius 2 is 1.66 bits per heavy atom. The zero-order valence-corrected chi connectivity index (χ0v) is 30.3. The maximum Gasteiger partial charge on any atom is 0.289 e. The SMILES string of the molecule is CCC[C@H](NC(=O)[C@H]1N(C(=O)[C@H](NC(=O)[C@@H](NC(=O)c2cnccn2)C2CCCCC2)C(C)(C)C)C[C@@H]2CCC[C@@]21C)C(=O)C(=O)NC1CC1. The van der Waals surface area contributed by atoms with Crippen LogP contribution in [-0.4, -0.2) is 86.9 Å². The van der Waals surface area contributed by atoms with Gasteiger partial charge >= 0.3 is 0 Å². The smallest absolute Gasteiger partial charge is 0.289 e. The number of hydrogen-bond acceptors (Lipinski definition) is 8. The average molecular weight is 694 g/mol. The van der Waals surface area contributed by atoms with Crippen molar-refractivity contribution in [2.75, 3.05) is 6.54 Å². The van der Waals surface area contributed by atoms with E-state index >= 15 is 0 Å². The first-order chi connectivity index (χ1) is 23.7. The van der Waals surface area contributed by atoms with Crippen LogP contribution in [0.25, 0.3) is 0 Å². The highest BCUT2D eigenvalue weighted by Crippen LogP contribution is 2.53. The number of nitrogens with zero attached hydrogens (tertiary/aromatic N) is 3. The molecule has 274 valence electrons. The third-order valence-electron chi connectivity index (χ3n) is 11.3. The Labute approximate surface area is 295 Å². The van der Waals surface area contributed by atoms with Crippen LogP contribution in [0.1, 0.15) is 122 Å². The van der Waals surface area contributed by atoms with E-state index in [9.17, 15) is 28.8 Å². The second kappa shape index (κ2) is 15.6. The largest absolute Gasteiger partial charge is 0.347 e. The van der Waals surface area contributed by atoms with Gasteiger partial charge in [-0.05, 0) is 62.2 Å². The molecule has 0 bridgehead atoms. The molecule has 5 rings (SSSR count). The van der Waals surface area contributed by atoms with Crippen LogP contribution in [0.5, 0.6) is 0 Å². The van der Waals surface area contributed by atoms with Crippen molar-refractivity contribution < 1.29 is 28.8 Å². The summed E-state index contributed by atoms with van der Waals surface area (Å²) in [6, 6.07) is -3.77. The van der Waals surface area contributed by atoms with Crippen LogP contribution < -0.4 is 21.3 Å². The van der Waals surface area contributed by atoms with Gasteiger partial charge in [0.05, 0.1) is 12.2 Å². The van der Waals surface area contributed by atoms with Gasteiger partial charge in [0, 0.05) is 30.4 Å². The second-order valence-electron chi connectivity index (χ2n) is 16.2. The molecule has 4 N–H and O–H groups in total. The molecule has 3 saturated carbocycles. The maximum atomic E-state index is 14.7. The van der Waals surface area contributed by atoms with E-state index < -0.39 is 64.4 Å². The molecule has 1 aliphatic heterocycles. The summed E-state index contributed by atoms with van der Waals surface area (Å²) in [7, 11) is 0. The van der Waals surface area contributed by atoms with Crippen LogP contribution in [-0.2, 0) is 24.0 Å². The molecule has 13 nitrogen and oxygen atoms in total. The van der Waals surface area contributed by atoms with Gasteiger partial charge in [-0.3, -0.25) is 33.8 Å². The number of nitrogens with one attached hydrogen (secondary N) is 4. The number of carbonyl (C=O) groups is 6. The summed E-state index contributed by atoms with van der Waals surface area (Å²) in [5, 5.41) is 11.5. The normalized spacial score (nSPS) is 25.5. The Bertz CT molecular complexity index is 1440. The number of carbonyl (C=O) groups excluding carboxylic acids is 6. The number of Topliss-reactive ketones (excluding diaryl/α,β-unsaturated/α-hetero) is 1. The van der Waals surface area contributed by atoms with E-state index in [0.29, 0.717) is 19.4 Å². The molecule has 6 atom stereocenters. The molecule has 0 aromatic carbocycles. The van der Waals surface area contributed by atoms with E-state index in [-0.39, 0.29) is 29.5 Å². The van der Waals surface area contributed by atoms with Crippen LogP contribution in [0.4, 0.5) is 0 Å².